The Hall–Kier alpha value is -0.950. The summed E-state index contributed by atoms with van der Waals surface area (Å²) in [4.78, 5) is 11.0. The zero-order chi connectivity index (χ0) is 9.68. The Balaban J connectivity index is 0.00000169. The second kappa shape index (κ2) is 6.50. The average Bonchev–Trinajstić information content (AvgIpc) is 2.09. The van der Waals surface area contributed by atoms with E-state index in [0.29, 0.717) is 0 Å². The van der Waals surface area contributed by atoms with Crippen LogP contribution in [0, 0.1) is 24.7 Å². The van der Waals surface area contributed by atoms with Gasteiger partial charge in [-0.3, -0.25) is 0 Å². The van der Waals surface area contributed by atoms with E-state index < -0.39 is 5.91 Å². The molecule has 0 aliphatic carbocycles. The number of anilines is 1. The van der Waals surface area contributed by atoms with Gasteiger partial charge in [-0.05, 0) is 18.6 Å². The van der Waals surface area contributed by atoms with Gasteiger partial charge in [0.1, 0.15) is 0 Å². The van der Waals surface area contributed by atoms with Crippen LogP contribution in [0.5, 0.6) is 0 Å². The van der Waals surface area contributed by atoms with E-state index in [1.807, 2.05) is 25.1 Å². The summed E-state index contributed by atoms with van der Waals surface area (Å²) in [5.41, 5.74) is 1.71. The second-order valence-corrected chi connectivity index (χ2v) is 2.58. The van der Waals surface area contributed by atoms with Crippen molar-refractivity contribution >= 4 is 11.6 Å². The number of hydrogen-bond donors (Lipinski definition) is 1. The smallest absolute Gasteiger partial charge is 0.350 e. The van der Waals surface area contributed by atoms with E-state index in [1.165, 1.54) is 0 Å². The Morgan fingerprint density at radius 3 is 2.71 bits per heavy atom. The van der Waals surface area contributed by atoms with E-state index in [4.69, 9.17) is 5.26 Å². The zero-order valence-electron chi connectivity index (χ0n) is 8.24. The van der Waals surface area contributed by atoms with Gasteiger partial charge < -0.3 is 10.1 Å². The molecule has 0 saturated heterocycles. The van der Waals surface area contributed by atoms with E-state index in [1.54, 1.807) is 12.1 Å². The van der Waals surface area contributed by atoms with Crippen molar-refractivity contribution in [2.24, 2.45) is 0 Å². The minimum absolute atomic E-state index is 0. The molecule has 1 aromatic carbocycles. The molecule has 0 aliphatic heterocycles. The van der Waals surface area contributed by atoms with Crippen molar-refractivity contribution in [1.29, 1.82) is 5.26 Å². The molecule has 1 rings (SSSR count). The van der Waals surface area contributed by atoms with Crippen LogP contribution in [0.15, 0.2) is 24.3 Å². The minimum atomic E-state index is -0.392. The van der Waals surface area contributed by atoms with Gasteiger partial charge in [0, 0.05) is 5.69 Å². The molecule has 0 aromatic heterocycles. The summed E-state index contributed by atoms with van der Waals surface area (Å²) in [6.07, 6.45) is 0.937. The van der Waals surface area contributed by atoms with Gasteiger partial charge >= 0.3 is 29.6 Å². The zero-order valence-corrected chi connectivity index (χ0v) is 10.2. The molecule has 0 bridgehead atoms. The van der Waals surface area contributed by atoms with Crippen LogP contribution >= 0.6 is 0 Å². The van der Waals surface area contributed by atoms with E-state index in [-0.39, 0.29) is 29.6 Å². The second-order valence-electron chi connectivity index (χ2n) is 2.58. The first-order valence-corrected chi connectivity index (χ1v) is 3.83. The summed E-state index contributed by atoms with van der Waals surface area (Å²) in [5.74, 6) is -0.392. The van der Waals surface area contributed by atoms with Crippen molar-refractivity contribution in [2.75, 3.05) is 5.32 Å². The molecule has 66 valence electrons. The Bertz CT molecular complexity index is 357. The summed E-state index contributed by atoms with van der Waals surface area (Å²) in [6, 6.07) is 9.07. The largest absolute Gasteiger partial charge is 1.00 e. The molecule has 0 spiro atoms. The van der Waals surface area contributed by atoms with Crippen LogP contribution in [0.3, 0.4) is 0 Å². The molecule has 14 heavy (non-hydrogen) atoms. The number of aryl methyl sites for hydroxylation is 1. The number of nitrogens with zero attached hydrogens (tertiary/aromatic N) is 1. The topological polar surface area (TPSA) is 52.9 Å². The molecule has 0 saturated carbocycles. The van der Waals surface area contributed by atoms with Gasteiger partial charge in [-0.25, -0.2) is 11.7 Å². The molecule has 3 nitrogen and oxygen atoms in total. The predicted octanol–water partition coefficient (Wildman–Crippen LogP) is -1.33. The third kappa shape index (κ3) is 3.84. The number of benzene rings is 1. The summed E-state index contributed by atoms with van der Waals surface area (Å²) < 4.78 is 0. The van der Waals surface area contributed by atoms with Crippen molar-refractivity contribution < 1.29 is 34.4 Å². The SMILES string of the molecule is Cc1ccccc1NC(=O)[CH-]C#N.[Na+]. The number of para-hydroxylation sites is 1. The van der Waals surface area contributed by atoms with Gasteiger partial charge in [0.2, 0.25) is 0 Å². The van der Waals surface area contributed by atoms with Crippen molar-refractivity contribution in [1.82, 2.24) is 0 Å². The van der Waals surface area contributed by atoms with Crippen LogP contribution in [0.25, 0.3) is 0 Å². The number of amides is 1. The van der Waals surface area contributed by atoms with Crippen LogP contribution in [-0.4, -0.2) is 5.91 Å². The monoisotopic (exact) mass is 196 g/mol. The van der Waals surface area contributed by atoms with Crippen molar-refractivity contribution in [3.63, 3.8) is 0 Å². The molecule has 1 N–H and O–H groups in total. The molecule has 0 unspecified atom stereocenters. The fraction of sp³-hybridized carbons (Fsp3) is 0.100. The molecular formula is C10H9N2NaO. The van der Waals surface area contributed by atoms with E-state index in [0.717, 1.165) is 17.7 Å². The van der Waals surface area contributed by atoms with E-state index in [2.05, 4.69) is 5.32 Å². The molecule has 0 radical (unpaired) electrons. The summed E-state index contributed by atoms with van der Waals surface area (Å²) in [5, 5.41) is 10.8. The number of carbonyl (C=O) groups excluding carboxylic acids is 1. The molecule has 0 heterocycles. The number of hydrogen-bond acceptors (Lipinski definition) is 2. The molecule has 0 fully saturated rings. The molecule has 1 amide bonds. The van der Waals surface area contributed by atoms with Gasteiger partial charge in [-0.2, -0.15) is 0 Å². The maximum absolute atomic E-state index is 11.0. The van der Waals surface area contributed by atoms with Gasteiger partial charge in [0.15, 0.2) is 0 Å². The predicted molar refractivity (Wildman–Crippen MR) is 49.7 cm³/mol. The fourth-order valence-electron chi connectivity index (χ4n) is 0.941. The molecule has 0 aliphatic rings. The van der Waals surface area contributed by atoms with Crippen molar-refractivity contribution in [2.45, 2.75) is 6.92 Å². The third-order valence-corrected chi connectivity index (χ3v) is 1.60. The average molecular weight is 196 g/mol. The first-order chi connectivity index (χ1) is 6.24. The Morgan fingerprint density at radius 2 is 2.14 bits per heavy atom. The summed E-state index contributed by atoms with van der Waals surface area (Å²) in [7, 11) is 0. The third-order valence-electron chi connectivity index (χ3n) is 1.60. The van der Waals surface area contributed by atoms with Crippen LogP contribution in [0.2, 0.25) is 0 Å². The first kappa shape index (κ1) is 13.1. The molecular weight excluding hydrogens is 187 g/mol. The van der Waals surface area contributed by atoms with E-state index >= 15 is 0 Å². The van der Waals surface area contributed by atoms with Crippen molar-refractivity contribution in [3.8, 4) is 6.07 Å². The number of carbonyl (C=O) groups is 1. The Kier molecular flexibility index (Phi) is 6.06. The van der Waals surface area contributed by atoms with E-state index in [9.17, 15) is 4.79 Å². The van der Waals surface area contributed by atoms with Crippen molar-refractivity contribution in [3.05, 3.63) is 36.2 Å². The quantitative estimate of drug-likeness (QED) is 0.470. The number of nitrogens with one attached hydrogen (secondary N) is 1. The van der Waals surface area contributed by atoms with Gasteiger partial charge in [0.05, 0.1) is 5.91 Å². The molecule has 0 atom stereocenters. The van der Waals surface area contributed by atoms with Crippen LogP contribution in [-0.2, 0) is 4.79 Å². The molecule has 4 heteroatoms. The van der Waals surface area contributed by atoms with Gasteiger partial charge in [0.25, 0.3) is 0 Å². The summed E-state index contributed by atoms with van der Waals surface area (Å²) in [6.45, 7) is 1.89. The number of nitriles is 1. The maximum Gasteiger partial charge on any atom is 1.00 e. The van der Waals surface area contributed by atoms with Gasteiger partial charge in [-0.1, -0.05) is 24.3 Å². The number of rotatable bonds is 2. The fourth-order valence-corrected chi connectivity index (χ4v) is 0.941. The summed E-state index contributed by atoms with van der Waals surface area (Å²) >= 11 is 0. The minimum Gasteiger partial charge on any atom is -0.350 e. The van der Waals surface area contributed by atoms with Crippen LogP contribution in [0.1, 0.15) is 5.56 Å². The van der Waals surface area contributed by atoms with Crippen LogP contribution < -0.4 is 34.9 Å². The van der Waals surface area contributed by atoms with Crippen LogP contribution in [0.4, 0.5) is 5.69 Å². The maximum atomic E-state index is 11.0. The Labute approximate surface area is 105 Å². The van der Waals surface area contributed by atoms with Gasteiger partial charge in [-0.15, -0.1) is 0 Å². The molecule has 1 aromatic rings. The standard InChI is InChI=1S/C10H9N2O.Na/c1-8-4-2-3-5-9(8)12-10(13)6-7-11;/h2-6H,1H3,(H,12,13);/q-1;+1. The normalized spacial score (nSPS) is 8.00. The first-order valence-electron chi connectivity index (χ1n) is 3.83. The Morgan fingerprint density at radius 1 is 1.50 bits per heavy atom.